The van der Waals surface area contributed by atoms with Crippen molar-refractivity contribution in [3.05, 3.63) is 72.2 Å². The van der Waals surface area contributed by atoms with Crippen molar-refractivity contribution in [1.29, 1.82) is 0 Å². The van der Waals surface area contributed by atoms with Crippen LogP contribution in [0.3, 0.4) is 0 Å². The third kappa shape index (κ3) is 4.96. The Kier molecular flexibility index (Phi) is 6.36. The lowest BCUT2D eigenvalue weighted by Crippen LogP contribution is -2.44. The van der Waals surface area contributed by atoms with E-state index in [1.165, 1.54) is 42.7 Å². The van der Waals surface area contributed by atoms with E-state index in [2.05, 4.69) is 10.3 Å². The second-order valence-electron chi connectivity index (χ2n) is 8.41. The Balaban J connectivity index is 2.17. The first-order chi connectivity index (χ1) is 14.9. The monoisotopic (exact) mass is 463 g/mol. The smallest absolute Gasteiger partial charge is 0.404 e. The van der Waals surface area contributed by atoms with Gasteiger partial charge in [0.15, 0.2) is 0 Å². The molecule has 7 nitrogen and oxygen atoms in total. The van der Waals surface area contributed by atoms with E-state index in [0.29, 0.717) is 5.56 Å². The number of hydrogen-bond acceptors (Lipinski definition) is 4. The molecule has 0 aliphatic heterocycles. The predicted octanol–water partition coefficient (Wildman–Crippen LogP) is 4.29. The molecule has 0 aliphatic carbocycles. The van der Waals surface area contributed by atoms with Crippen LogP contribution in [0.4, 0.5) is 13.6 Å². The molecule has 0 saturated carbocycles. The average Bonchev–Trinajstić information content (AvgIpc) is 3.11. The number of aromatic nitrogens is 2. The van der Waals surface area contributed by atoms with Crippen molar-refractivity contribution < 1.29 is 27.1 Å². The van der Waals surface area contributed by atoms with Gasteiger partial charge in [0.2, 0.25) is 5.95 Å². The number of nitrogens with zero attached hydrogens (tertiary/aromatic N) is 2. The normalized spacial score (nSPS) is 13.0. The number of carboxylic acid groups (broad SMARTS) is 1. The number of hydrogen-bond donors (Lipinski definition) is 2. The summed E-state index contributed by atoms with van der Waals surface area (Å²) < 4.78 is 55.7. The van der Waals surface area contributed by atoms with Gasteiger partial charge in [0.05, 0.1) is 16.2 Å². The molecule has 170 valence electrons. The van der Waals surface area contributed by atoms with Crippen LogP contribution in [0, 0.1) is 17.2 Å². The number of nitrogens with one attached hydrogen (secondary N) is 1. The highest BCUT2D eigenvalue weighted by atomic mass is 32.2. The molecule has 0 bridgehead atoms. The molecule has 0 fully saturated rings. The zero-order valence-electron chi connectivity index (χ0n) is 17.7. The van der Waals surface area contributed by atoms with Crippen molar-refractivity contribution in [2.75, 3.05) is 0 Å². The topological polar surface area (TPSA) is 101 Å². The van der Waals surface area contributed by atoms with Gasteiger partial charge in [-0.1, -0.05) is 26.8 Å². The molecule has 32 heavy (non-hydrogen) atoms. The minimum absolute atomic E-state index is 0.00199. The molecule has 1 unspecified atom stereocenters. The second kappa shape index (κ2) is 8.70. The molecule has 0 radical (unpaired) electrons. The summed E-state index contributed by atoms with van der Waals surface area (Å²) >= 11 is 0. The molecule has 1 aromatic carbocycles. The Labute approximate surface area is 184 Å². The molecule has 3 rings (SSSR count). The summed E-state index contributed by atoms with van der Waals surface area (Å²) in [5.41, 5.74) is -0.0891. The Morgan fingerprint density at radius 1 is 1.19 bits per heavy atom. The Bertz CT molecular complexity index is 1250. The lowest BCUT2D eigenvalue weighted by molar-refractivity contribution is 0.174. The van der Waals surface area contributed by atoms with Crippen LogP contribution in [-0.2, 0) is 16.4 Å². The number of amides is 1. The summed E-state index contributed by atoms with van der Waals surface area (Å²) in [5, 5.41) is 11.6. The van der Waals surface area contributed by atoms with Crippen molar-refractivity contribution in [3.63, 3.8) is 0 Å². The largest absolute Gasteiger partial charge is 0.465 e. The summed E-state index contributed by atoms with van der Waals surface area (Å²) in [6.45, 7) is 5.53. The highest BCUT2D eigenvalue weighted by molar-refractivity contribution is 7.90. The zero-order valence-corrected chi connectivity index (χ0v) is 18.5. The number of carbonyl (C=O) groups is 1. The lowest BCUT2D eigenvalue weighted by atomic mass is 9.83. The summed E-state index contributed by atoms with van der Waals surface area (Å²) in [6.07, 6.45) is 1.47. The van der Waals surface area contributed by atoms with Gasteiger partial charge >= 0.3 is 6.09 Å². The predicted molar refractivity (Wildman–Crippen MR) is 115 cm³/mol. The van der Waals surface area contributed by atoms with E-state index in [4.69, 9.17) is 0 Å². The quantitative estimate of drug-likeness (QED) is 0.531. The molecule has 10 heteroatoms. The second-order valence-corrected chi connectivity index (χ2v) is 10.2. The van der Waals surface area contributed by atoms with E-state index < -0.39 is 39.3 Å². The minimum atomic E-state index is -4.29. The molecule has 0 spiro atoms. The van der Waals surface area contributed by atoms with Crippen LogP contribution in [0.1, 0.15) is 26.3 Å². The van der Waals surface area contributed by atoms with Gasteiger partial charge in [-0.2, -0.15) is 4.39 Å². The number of pyridine rings is 1. The van der Waals surface area contributed by atoms with Crippen molar-refractivity contribution in [2.45, 2.75) is 38.1 Å². The van der Waals surface area contributed by atoms with E-state index >= 15 is 0 Å². The van der Waals surface area contributed by atoms with Gasteiger partial charge in [-0.15, -0.1) is 0 Å². The van der Waals surface area contributed by atoms with Crippen LogP contribution in [-0.4, -0.2) is 34.6 Å². The zero-order chi connectivity index (χ0) is 23.7. The fourth-order valence-corrected chi connectivity index (χ4v) is 4.70. The van der Waals surface area contributed by atoms with Crippen LogP contribution in [0.15, 0.2) is 59.8 Å². The maximum absolute atomic E-state index is 14.5. The Morgan fingerprint density at radius 3 is 2.50 bits per heavy atom. The Hall–Kier alpha value is -3.27. The first-order valence-corrected chi connectivity index (χ1v) is 11.2. The van der Waals surface area contributed by atoms with Crippen LogP contribution < -0.4 is 5.32 Å². The molecular weight excluding hydrogens is 440 g/mol. The van der Waals surface area contributed by atoms with E-state index in [1.54, 1.807) is 0 Å². The van der Waals surface area contributed by atoms with Gasteiger partial charge in [0.1, 0.15) is 5.82 Å². The molecule has 0 saturated heterocycles. The maximum Gasteiger partial charge on any atom is 0.404 e. The molecule has 1 atom stereocenters. The summed E-state index contributed by atoms with van der Waals surface area (Å²) in [6, 6.07) is 8.27. The van der Waals surface area contributed by atoms with Crippen LogP contribution in [0.5, 0.6) is 0 Å². The summed E-state index contributed by atoms with van der Waals surface area (Å²) in [4.78, 5) is 14.5. The minimum Gasteiger partial charge on any atom is -0.465 e. The van der Waals surface area contributed by atoms with E-state index in [0.717, 1.165) is 16.1 Å². The molecule has 2 aromatic heterocycles. The van der Waals surface area contributed by atoms with Gasteiger partial charge in [0, 0.05) is 18.4 Å². The van der Waals surface area contributed by atoms with Gasteiger partial charge in [-0.05, 0) is 53.8 Å². The van der Waals surface area contributed by atoms with Gasteiger partial charge in [-0.3, -0.25) is 0 Å². The summed E-state index contributed by atoms with van der Waals surface area (Å²) in [5.74, 6) is -1.60. The molecule has 3 aromatic rings. The van der Waals surface area contributed by atoms with Crippen LogP contribution >= 0.6 is 0 Å². The molecule has 2 heterocycles. The third-order valence-electron chi connectivity index (χ3n) is 5.01. The first-order valence-electron chi connectivity index (χ1n) is 9.72. The average molecular weight is 464 g/mol. The molecule has 1 amide bonds. The van der Waals surface area contributed by atoms with Crippen molar-refractivity contribution >= 4 is 16.1 Å². The molecular formula is C22H23F2N3O4S. The van der Waals surface area contributed by atoms with Crippen molar-refractivity contribution in [2.24, 2.45) is 5.41 Å². The third-order valence-corrected chi connectivity index (χ3v) is 6.68. The van der Waals surface area contributed by atoms with Crippen molar-refractivity contribution in [3.8, 4) is 11.3 Å². The number of benzene rings is 1. The maximum atomic E-state index is 14.5. The first kappa shape index (κ1) is 23.4. The van der Waals surface area contributed by atoms with E-state index in [9.17, 15) is 27.1 Å². The molecule has 2 N–H and O–H groups in total. The van der Waals surface area contributed by atoms with Crippen LogP contribution in [0.25, 0.3) is 11.3 Å². The van der Waals surface area contributed by atoms with Gasteiger partial charge in [0.25, 0.3) is 10.0 Å². The Morgan fingerprint density at radius 2 is 1.91 bits per heavy atom. The standard InChI is InChI=1S/C22H23F2N3O4S/c1-22(2,3)19(26-21(28)29)11-14-10-18(17-8-5-9-25-20(17)24)27(13-14)32(30,31)16-7-4-6-15(23)12-16/h4-10,12-13,19,26H,11H2,1-3H3,(H,28,29). The number of rotatable bonds is 6. The van der Waals surface area contributed by atoms with E-state index in [-0.39, 0.29) is 22.6 Å². The number of halogens is 2. The highest BCUT2D eigenvalue weighted by Gasteiger charge is 2.29. The van der Waals surface area contributed by atoms with Gasteiger partial charge in [-0.25, -0.2) is 26.6 Å². The lowest BCUT2D eigenvalue weighted by Gasteiger charge is -2.30. The van der Waals surface area contributed by atoms with Gasteiger partial charge < -0.3 is 10.4 Å². The fraction of sp³-hybridized carbons (Fsp3) is 0.273. The highest BCUT2D eigenvalue weighted by Crippen LogP contribution is 2.31. The summed E-state index contributed by atoms with van der Waals surface area (Å²) in [7, 11) is -4.29. The van der Waals surface area contributed by atoms with Crippen molar-refractivity contribution in [1.82, 2.24) is 14.3 Å². The SMILES string of the molecule is CC(C)(C)C(Cc1cc(-c2cccnc2F)n(S(=O)(=O)c2cccc(F)c2)c1)NC(=O)O. The van der Waals surface area contributed by atoms with Crippen LogP contribution in [0.2, 0.25) is 0 Å². The molecule has 0 aliphatic rings. The van der Waals surface area contributed by atoms with E-state index in [1.807, 2.05) is 20.8 Å². The fourth-order valence-electron chi connectivity index (χ4n) is 3.28.